The van der Waals surface area contributed by atoms with E-state index in [2.05, 4.69) is 24.5 Å². The number of carboxylic acids is 1. The highest BCUT2D eigenvalue weighted by Crippen LogP contribution is 2.43. The van der Waals surface area contributed by atoms with E-state index in [0.717, 1.165) is 28.8 Å². The number of rotatable bonds is 4. The molecule has 26 heavy (non-hydrogen) atoms. The molecule has 2 aromatic rings. The number of nitrogens with two attached hydrogens (primary N) is 1. The van der Waals surface area contributed by atoms with Crippen molar-refractivity contribution >= 4 is 34.0 Å². The van der Waals surface area contributed by atoms with Crippen molar-refractivity contribution in [1.29, 1.82) is 0 Å². The predicted molar refractivity (Wildman–Crippen MR) is 104 cm³/mol. The molecular formula is C19H23N3O3S. The molecule has 1 aromatic carbocycles. The average molecular weight is 373 g/mol. The van der Waals surface area contributed by atoms with Gasteiger partial charge in [-0.2, -0.15) is 0 Å². The monoisotopic (exact) mass is 373 g/mol. The summed E-state index contributed by atoms with van der Waals surface area (Å²) in [7, 11) is 0. The Labute approximate surface area is 156 Å². The SMILES string of the molecule is CC1(C)CCc2sc(NC(=O)Nc3ccccc3CN)c(C(=O)O)c2C1. The van der Waals surface area contributed by atoms with E-state index in [9.17, 15) is 14.7 Å². The summed E-state index contributed by atoms with van der Waals surface area (Å²) in [4.78, 5) is 25.3. The molecule has 3 rings (SSSR count). The molecule has 0 bridgehead atoms. The molecule has 1 aliphatic carbocycles. The first-order valence-electron chi connectivity index (χ1n) is 8.54. The number of para-hydroxylation sites is 1. The zero-order chi connectivity index (χ0) is 18.9. The number of hydrogen-bond acceptors (Lipinski definition) is 4. The van der Waals surface area contributed by atoms with Crippen LogP contribution in [0.3, 0.4) is 0 Å². The molecule has 5 N–H and O–H groups in total. The van der Waals surface area contributed by atoms with Crippen molar-refractivity contribution in [3.05, 3.63) is 45.8 Å². The zero-order valence-electron chi connectivity index (χ0n) is 14.9. The summed E-state index contributed by atoms with van der Waals surface area (Å²) < 4.78 is 0. The Morgan fingerprint density at radius 2 is 2.00 bits per heavy atom. The number of aryl methyl sites for hydroxylation is 1. The molecule has 1 heterocycles. The first kappa shape index (κ1) is 18.4. The highest BCUT2D eigenvalue weighted by Gasteiger charge is 2.33. The van der Waals surface area contributed by atoms with E-state index in [1.54, 1.807) is 6.07 Å². The number of carbonyl (C=O) groups excluding carboxylic acids is 1. The number of hydrogen-bond donors (Lipinski definition) is 4. The van der Waals surface area contributed by atoms with Crippen LogP contribution in [0.1, 0.15) is 46.6 Å². The number of amides is 2. The first-order valence-corrected chi connectivity index (χ1v) is 9.36. The second-order valence-electron chi connectivity index (χ2n) is 7.29. The van der Waals surface area contributed by atoms with Crippen LogP contribution >= 0.6 is 11.3 Å². The predicted octanol–water partition coefficient (Wildman–Crippen LogP) is 4.06. The molecule has 2 amide bonds. The van der Waals surface area contributed by atoms with E-state index < -0.39 is 12.0 Å². The Morgan fingerprint density at radius 1 is 1.27 bits per heavy atom. The van der Waals surface area contributed by atoms with Crippen LogP contribution in [0.25, 0.3) is 0 Å². The molecule has 0 saturated carbocycles. The number of fused-ring (bicyclic) bond motifs is 1. The van der Waals surface area contributed by atoms with Gasteiger partial charge in [-0.25, -0.2) is 9.59 Å². The lowest BCUT2D eigenvalue weighted by Crippen LogP contribution is -2.23. The average Bonchev–Trinajstić information content (AvgIpc) is 2.91. The lowest BCUT2D eigenvalue weighted by molar-refractivity contribution is 0.0696. The van der Waals surface area contributed by atoms with Crippen molar-refractivity contribution in [3.63, 3.8) is 0 Å². The van der Waals surface area contributed by atoms with Gasteiger partial charge in [-0.15, -0.1) is 11.3 Å². The minimum absolute atomic E-state index is 0.0673. The van der Waals surface area contributed by atoms with E-state index >= 15 is 0 Å². The number of nitrogens with one attached hydrogen (secondary N) is 2. The maximum Gasteiger partial charge on any atom is 0.339 e. The highest BCUT2D eigenvalue weighted by atomic mass is 32.1. The van der Waals surface area contributed by atoms with Gasteiger partial charge in [-0.3, -0.25) is 5.32 Å². The van der Waals surface area contributed by atoms with E-state index in [-0.39, 0.29) is 11.0 Å². The summed E-state index contributed by atoms with van der Waals surface area (Å²) in [5, 5.41) is 15.6. The minimum Gasteiger partial charge on any atom is -0.478 e. The Kier molecular flexibility index (Phi) is 5.02. The fourth-order valence-electron chi connectivity index (χ4n) is 3.31. The van der Waals surface area contributed by atoms with E-state index in [4.69, 9.17) is 5.73 Å². The molecule has 6 nitrogen and oxygen atoms in total. The van der Waals surface area contributed by atoms with Crippen molar-refractivity contribution in [2.24, 2.45) is 11.1 Å². The van der Waals surface area contributed by atoms with Crippen LogP contribution in [-0.2, 0) is 19.4 Å². The summed E-state index contributed by atoms with van der Waals surface area (Å²) in [5.41, 5.74) is 8.27. The second kappa shape index (κ2) is 7.09. The van der Waals surface area contributed by atoms with Gasteiger partial charge in [0.2, 0.25) is 0 Å². The van der Waals surface area contributed by atoms with Gasteiger partial charge in [0.05, 0.1) is 5.56 Å². The Bertz CT molecular complexity index is 858. The molecule has 138 valence electrons. The Balaban J connectivity index is 1.85. The van der Waals surface area contributed by atoms with Crippen molar-refractivity contribution < 1.29 is 14.7 Å². The van der Waals surface area contributed by atoms with Gasteiger partial charge in [-0.05, 0) is 41.9 Å². The Morgan fingerprint density at radius 3 is 2.69 bits per heavy atom. The smallest absolute Gasteiger partial charge is 0.339 e. The van der Waals surface area contributed by atoms with Crippen LogP contribution < -0.4 is 16.4 Å². The second-order valence-corrected chi connectivity index (χ2v) is 8.40. The van der Waals surface area contributed by atoms with Gasteiger partial charge < -0.3 is 16.2 Å². The number of thiophene rings is 1. The fraction of sp³-hybridized carbons (Fsp3) is 0.368. The van der Waals surface area contributed by atoms with Crippen molar-refractivity contribution in [3.8, 4) is 0 Å². The lowest BCUT2D eigenvalue weighted by Gasteiger charge is -2.29. The van der Waals surface area contributed by atoms with Crippen molar-refractivity contribution in [2.45, 2.75) is 39.7 Å². The molecule has 0 radical (unpaired) electrons. The number of carbonyl (C=O) groups is 2. The maximum atomic E-state index is 12.4. The molecular weight excluding hydrogens is 350 g/mol. The van der Waals surface area contributed by atoms with E-state index in [1.807, 2.05) is 18.2 Å². The fourth-order valence-corrected chi connectivity index (χ4v) is 4.52. The summed E-state index contributed by atoms with van der Waals surface area (Å²) in [6, 6.07) is 6.80. The van der Waals surface area contributed by atoms with Crippen LogP contribution in [0.5, 0.6) is 0 Å². The summed E-state index contributed by atoms with van der Waals surface area (Å²) in [6.45, 7) is 4.59. The van der Waals surface area contributed by atoms with Crippen LogP contribution in [-0.4, -0.2) is 17.1 Å². The van der Waals surface area contributed by atoms with Gasteiger partial charge in [0, 0.05) is 17.1 Å². The minimum atomic E-state index is -1.00. The van der Waals surface area contributed by atoms with Crippen LogP contribution in [0, 0.1) is 5.41 Å². The maximum absolute atomic E-state index is 12.4. The van der Waals surface area contributed by atoms with Gasteiger partial charge >= 0.3 is 12.0 Å². The molecule has 0 unspecified atom stereocenters. The standard InChI is InChI=1S/C19H23N3O3S/c1-19(2)8-7-14-12(9-19)15(17(23)24)16(26-14)22-18(25)21-13-6-4-3-5-11(13)10-20/h3-6H,7-10,20H2,1-2H3,(H,23,24)(H2,21,22,25). The van der Waals surface area contributed by atoms with Crippen molar-refractivity contribution in [2.75, 3.05) is 10.6 Å². The topological polar surface area (TPSA) is 104 Å². The molecule has 0 fully saturated rings. The van der Waals surface area contributed by atoms with Gasteiger partial charge in [0.15, 0.2) is 0 Å². The molecule has 0 atom stereocenters. The Hall–Kier alpha value is -2.38. The van der Waals surface area contributed by atoms with Crippen LogP contribution in [0.15, 0.2) is 24.3 Å². The van der Waals surface area contributed by atoms with Gasteiger partial charge in [-0.1, -0.05) is 32.0 Å². The number of aromatic carboxylic acids is 1. The lowest BCUT2D eigenvalue weighted by atomic mass is 9.76. The van der Waals surface area contributed by atoms with Gasteiger partial charge in [0.1, 0.15) is 5.00 Å². The summed E-state index contributed by atoms with van der Waals surface area (Å²) in [6.07, 6.45) is 2.56. The van der Waals surface area contributed by atoms with Crippen molar-refractivity contribution in [1.82, 2.24) is 0 Å². The third-order valence-corrected chi connectivity index (χ3v) is 5.91. The number of benzene rings is 1. The highest BCUT2D eigenvalue weighted by molar-refractivity contribution is 7.17. The largest absolute Gasteiger partial charge is 0.478 e. The zero-order valence-corrected chi connectivity index (χ0v) is 15.7. The quantitative estimate of drug-likeness (QED) is 0.648. The summed E-state index contributed by atoms with van der Waals surface area (Å²) in [5.74, 6) is -1.00. The molecule has 1 aliphatic rings. The molecule has 0 spiro atoms. The van der Waals surface area contributed by atoms with Crippen LogP contribution in [0.2, 0.25) is 0 Å². The molecule has 0 saturated heterocycles. The van der Waals surface area contributed by atoms with Crippen LogP contribution in [0.4, 0.5) is 15.5 Å². The van der Waals surface area contributed by atoms with Gasteiger partial charge in [0.25, 0.3) is 0 Å². The van der Waals surface area contributed by atoms with E-state index in [0.29, 0.717) is 23.7 Å². The third-order valence-electron chi connectivity index (χ3n) is 4.70. The molecule has 7 heteroatoms. The molecule has 0 aliphatic heterocycles. The normalized spacial score (nSPS) is 15.2. The molecule has 1 aromatic heterocycles. The number of carboxylic acid groups (broad SMARTS) is 1. The van der Waals surface area contributed by atoms with E-state index in [1.165, 1.54) is 11.3 Å². The number of anilines is 2. The number of urea groups is 1. The summed E-state index contributed by atoms with van der Waals surface area (Å²) >= 11 is 1.36. The third kappa shape index (κ3) is 3.73. The first-order chi connectivity index (χ1) is 12.3.